The molecule has 0 radical (unpaired) electrons. The number of hydrogen-bond acceptors (Lipinski definition) is 5. The van der Waals surface area contributed by atoms with Crippen molar-refractivity contribution in [2.24, 2.45) is 34.5 Å². The standard InChI is InChI=1S/C30H50N2O4/c1-19-8-9-23-25(13-15-30-18-31(5)21(3)24(30)10-11-26(23)30)29(19,4)14-12-20(2)32(6)28(33)36-22-16-27(34-7)35-17-22/h8,20-27H,9-18H2,1-7H3/t20-,21+,22?,23-,24-,25+,26+,27?,29+,30?/m1/s1. The molecule has 3 aliphatic carbocycles. The monoisotopic (exact) mass is 502 g/mol. The predicted molar refractivity (Wildman–Crippen MR) is 142 cm³/mol. The molecule has 2 aliphatic heterocycles. The fourth-order valence-electron chi connectivity index (χ4n) is 9.35. The number of allylic oxidation sites excluding steroid dienone is 2. The summed E-state index contributed by atoms with van der Waals surface area (Å²) < 4.78 is 16.4. The van der Waals surface area contributed by atoms with Crippen molar-refractivity contribution in [3.05, 3.63) is 11.6 Å². The van der Waals surface area contributed by atoms with Crippen LogP contribution in [0.5, 0.6) is 0 Å². The summed E-state index contributed by atoms with van der Waals surface area (Å²) in [4.78, 5) is 17.3. The minimum absolute atomic E-state index is 0.137. The van der Waals surface area contributed by atoms with Crippen LogP contribution in [0.4, 0.5) is 4.79 Å². The first kappa shape index (κ1) is 26.5. The van der Waals surface area contributed by atoms with Crippen molar-refractivity contribution >= 4 is 6.09 Å². The number of ether oxygens (including phenoxy) is 3. The van der Waals surface area contributed by atoms with E-state index in [0.29, 0.717) is 18.4 Å². The van der Waals surface area contributed by atoms with E-state index in [9.17, 15) is 4.79 Å². The summed E-state index contributed by atoms with van der Waals surface area (Å²) in [5.41, 5.74) is 2.37. The zero-order chi connectivity index (χ0) is 25.8. The van der Waals surface area contributed by atoms with Crippen molar-refractivity contribution in [1.82, 2.24) is 9.80 Å². The van der Waals surface area contributed by atoms with Gasteiger partial charge in [-0.25, -0.2) is 4.79 Å². The Morgan fingerprint density at radius 3 is 2.75 bits per heavy atom. The molecule has 2 heterocycles. The summed E-state index contributed by atoms with van der Waals surface area (Å²) in [6, 6.07) is 0.879. The third-order valence-electron chi connectivity index (χ3n) is 11.9. The van der Waals surface area contributed by atoms with Crippen molar-refractivity contribution in [2.75, 3.05) is 34.4 Å². The number of nitrogens with zero attached hydrogens (tertiary/aromatic N) is 2. The molecular formula is C30H50N2O4. The Labute approximate surface area is 219 Å². The first-order valence-electron chi connectivity index (χ1n) is 14.6. The molecule has 0 bridgehead atoms. The second-order valence-corrected chi connectivity index (χ2v) is 13.3. The topological polar surface area (TPSA) is 51.2 Å². The van der Waals surface area contributed by atoms with Gasteiger partial charge in [0.1, 0.15) is 6.10 Å². The maximum atomic E-state index is 12.8. The van der Waals surface area contributed by atoms with Gasteiger partial charge in [-0.1, -0.05) is 18.6 Å². The normalized spacial score (nSPS) is 45.0. The van der Waals surface area contributed by atoms with Gasteiger partial charge in [0, 0.05) is 39.2 Å². The molecule has 204 valence electrons. The summed E-state index contributed by atoms with van der Waals surface area (Å²) in [5, 5.41) is 0. The number of carbonyl (C=O) groups excluding carboxylic acids is 1. The Morgan fingerprint density at radius 2 is 2.03 bits per heavy atom. The molecule has 0 aromatic rings. The molecule has 2 saturated heterocycles. The van der Waals surface area contributed by atoms with Crippen LogP contribution in [-0.2, 0) is 14.2 Å². The number of methoxy groups -OCH3 is 1. The Hall–Kier alpha value is -1.11. The van der Waals surface area contributed by atoms with Crippen LogP contribution in [0.3, 0.4) is 0 Å². The van der Waals surface area contributed by atoms with E-state index in [4.69, 9.17) is 14.2 Å². The number of amides is 1. The van der Waals surface area contributed by atoms with Crippen LogP contribution >= 0.6 is 0 Å². The van der Waals surface area contributed by atoms with E-state index in [1.165, 1.54) is 38.6 Å². The van der Waals surface area contributed by atoms with Gasteiger partial charge in [0.05, 0.1) is 6.61 Å². The SMILES string of the molecule is COC1CC(OC(=O)N(C)[C@H](C)CC[C@@]2(C)C(C)=CC[C@H]3[C@@H]4CC[C@@H]5[C@H](C)N(C)CC54CC[C@@H]32)CO1. The van der Waals surface area contributed by atoms with Gasteiger partial charge in [0.25, 0.3) is 0 Å². The van der Waals surface area contributed by atoms with Gasteiger partial charge < -0.3 is 24.0 Å². The smallest absolute Gasteiger partial charge is 0.410 e. The molecule has 0 aromatic heterocycles. The molecule has 5 rings (SSSR count). The van der Waals surface area contributed by atoms with Crippen molar-refractivity contribution in [3.8, 4) is 0 Å². The number of hydrogen-bond donors (Lipinski definition) is 0. The van der Waals surface area contributed by atoms with E-state index in [1.807, 2.05) is 7.05 Å². The van der Waals surface area contributed by atoms with E-state index in [0.717, 1.165) is 42.6 Å². The van der Waals surface area contributed by atoms with E-state index in [2.05, 4.69) is 45.7 Å². The van der Waals surface area contributed by atoms with E-state index < -0.39 is 0 Å². The molecule has 10 atom stereocenters. The van der Waals surface area contributed by atoms with Crippen LogP contribution in [0.1, 0.15) is 79.1 Å². The van der Waals surface area contributed by atoms with E-state index in [1.54, 1.807) is 17.6 Å². The molecule has 4 fully saturated rings. The number of carbonyl (C=O) groups is 1. The maximum absolute atomic E-state index is 12.8. The Kier molecular flexibility index (Phi) is 7.28. The molecular weight excluding hydrogens is 452 g/mol. The number of fused-ring (bicyclic) bond motifs is 2. The van der Waals surface area contributed by atoms with Gasteiger partial charge >= 0.3 is 6.09 Å². The molecule has 6 heteroatoms. The molecule has 1 amide bonds. The molecule has 2 saturated carbocycles. The molecule has 1 spiro atoms. The third kappa shape index (κ3) is 4.23. The second-order valence-electron chi connectivity index (χ2n) is 13.3. The fraction of sp³-hybridized carbons (Fsp3) is 0.900. The highest BCUT2D eigenvalue weighted by atomic mass is 16.7. The van der Waals surface area contributed by atoms with Gasteiger partial charge in [-0.15, -0.1) is 0 Å². The zero-order valence-corrected chi connectivity index (χ0v) is 23.8. The van der Waals surface area contributed by atoms with Gasteiger partial charge in [0.2, 0.25) is 0 Å². The predicted octanol–water partition coefficient (Wildman–Crippen LogP) is 5.71. The Bertz CT molecular complexity index is 862. The fourth-order valence-corrected chi connectivity index (χ4v) is 9.35. The van der Waals surface area contributed by atoms with Crippen molar-refractivity contribution in [1.29, 1.82) is 0 Å². The highest BCUT2D eigenvalue weighted by Crippen LogP contribution is 2.67. The lowest BCUT2D eigenvalue weighted by atomic mass is 9.48. The third-order valence-corrected chi connectivity index (χ3v) is 11.9. The van der Waals surface area contributed by atoms with Crippen LogP contribution in [0.2, 0.25) is 0 Å². The molecule has 0 N–H and O–H groups in total. The van der Waals surface area contributed by atoms with E-state index in [-0.39, 0.29) is 29.9 Å². The summed E-state index contributed by atoms with van der Waals surface area (Å²) in [6.07, 6.45) is 11.5. The van der Waals surface area contributed by atoms with Crippen LogP contribution in [0.25, 0.3) is 0 Å². The molecule has 3 unspecified atom stereocenters. The average molecular weight is 503 g/mol. The zero-order valence-electron chi connectivity index (χ0n) is 23.8. The number of rotatable bonds is 6. The lowest BCUT2D eigenvalue weighted by Gasteiger charge is -2.56. The lowest BCUT2D eigenvalue weighted by Crippen LogP contribution is -2.50. The van der Waals surface area contributed by atoms with Gasteiger partial charge in [-0.05, 0) is 107 Å². The van der Waals surface area contributed by atoms with Crippen LogP contribution in [-0.4, -0.2) is 74.7 Å². The van der Waals surface area contributed by atoms with Crippen LogP contribution < -0.4 is 0 Å². The highest BCUT2D eigenvalue weighted by Gasteiger charge is 2.63. The van der Waals surface area contributed by atoms with Crippen molar-refractivity contribution in [3.63, 3.8) is 0 Å². The Balaban J connectivity index is 1.22. The van der Waals surface area contributed by atoms with Crippen LogP contribution in [0.15, 0.2) is 11.6 Å². The molecule has 6 nitrogen and oxygen atoms in total. The summed E-state index contributed by atoms with van der Waals surface area (Å²) in [5.74, 6) is 3.38. The average Bonchev–Trinajstić information content (AvgIpc) is 3.53. The molecule has 36 heavy (non-hydrogen) atoms. The summed E-state index contributed by atoms with van der Waals surface area (Å²) in [7, 11) is 5.86. The minimum Gasteiger partial charge on any atom is -0.443 e. The van der Waals surface area contributed by atoms with Gasteiger partial charge in [-0.2, -0.15) is 0 Å². The maximum Gasteiger partial charge on any atom is 0.410 e. The van der Waals surface area contributed by atoms with E-state index >= 15 is 0 Å². The summed E-state index contributed by atoms with van der Waals surface area (Å²) >= 11 is 0. The number of likely N-dealkylation sites (tertiary alicyclic amines) is 1. The van der Waals surface area contributed by atoms with Gasteiger partial charge in [0.15, 0.2) is 6.29 Å². The Morgan fingerprint density at radius 1 is 1.28 bits per heavy atom. The van der Waals surface area contributed by atoms with Crippen molar-refractivity contribution < 1.29 is 19.0 Å². The molecule has 0 aromatic carbocycles. The first-order valence-corrected chi connectivity index (χ1v) is 14.6. The largest absolute Gasteiger partial charge is 0.443 e. The minimum atomic E-state index is -0.267. The van der Waals surface area contributed by atoms with Crippen LogP contribution in [0, 0.1) is 34.5 Å². The molecule has 5 aliphatic rings. The highest BCUT2D eigenvalue weighted by molar-refractivity contribution is 5.67. The summed E-state index contributed by atoms with van der Waals surface area (Å²) in [6.45, 7) is 11.3. The first-order chi connectivity index (χ1) is 17.1. The quantitative estimate of drug-likeness (QED) is 0.435. The van der Waals surface area contributed by atoms with Gasteiger partial charge in [-0.3, -0.25) is 0 Å². The lowest BCUT2D eigenvalue weighted by molar-refractivity contribution is -0.0883. The second kappa shape index (κ2) is 9.89. The van der Waals surface area contributed by atoms with Crippen molar-refractivity contribution in [2.45, 2.75) is 104 Å².